The van der Waals surface area contributed by atoms with Crippen molar-refractivity contribution < 1.29 is 9.53 Å². The number of nitrogens with zero attached hydrogens (tertiary/aromatic N) is 2. The van der Waals surface area contributed by atoms with Crippen molar-refractivity contribution in [3.63, 3.8) is 0 Å². The van der Waals surface area contributed by atoms with Gasteiger partial charge >= 0.3 is 6.09 Å². The van der Waals surface area contributed by atoms with Crippen LogP contribution in [0.25, 0.3) is 0 Å². The van der Waals surface area contributed by atoms with E-state index in [2.05, 4.69) is 20.5 Å². The summed E-state index contributed by atoms with van der Waals surface area (Å²) in [7, 11) is 1.82. The molecule has 1 aliphatic carbocycles. The van der Waals surface area contributed by atoms with Gasteiger partial charge in [-0.15, -0.1) is 0 Å². The van der Waals surface area contributed by atoms with Crippen molar-refractivity contribution >= 4 is 12.1 Å². The number of carbonyl (C=O) groups excluding carboxylic acids is 1. The molecule has 0 radical (unpaired) electrons. The lowest BCUT2D eigenvalue weighted by molar-refractivity contribution is 0.0507. The topological polar surface area (TPSA) is 66.0 Å². The third kappa shape index (κ3) is 6.67. The molecule has 1 aliphatic heterocycles. The molecular formula is C17H32N4O2. The summed E-state index contributed by atoms with van der Waals surface area (Å²) >= 11 is 0. The minimum absolute atomic E-state index is 0.120. The van der Waals surface area contributed by atoms with Gasteiger partial charge in [0.2, 0.25) is 0 Å². The van der Waals surface area contributed by atoms with E-state index in [1.807, 2.05) is 27.8 Å². The summed E-state index contributed by atoms with van der Waals surface area (Å²) < 4.78 is 5.32. The number of nitrogens with one attached hydrogen (secondary N) is 2. The number of hydrogen-bond acceptors (Lipinski definition) is 3. The van der Waals surface area contributed by atoms with E-state index in [0.717, 1.165) is 37.9 Å². The first-order chi connectivity index (χ1) is 10.9. The van der Waals surface area contributed by atoms with Crippen molar-refractivity contribution in [2.24, 2.45) is 10.9 Å². The molecule has 2 aliphatic rings. The quantitative estimate of drug-likeness (QED) is 0.463. The first-order valence-corrected chi connectivity index (χ1v) is 8.82. The van der Waals surface area contributed by atoms with Gasteiger partial charge in [-0.1, -0.05) is 12.8 Å². The largest absolute Gasteiger partial charge is 0.444 e. The Balaban J connectivity index is 1.68. The summed E-state index contributed by atoms with van der Waals surface area (Å²) in [5, 5.41) is 6.39. The molecule has 1 unspecified atom stereocenters. The van der Waals surface area contributed by atoms with Crippen LogP contribution in [-0.2, 0) is 4.74 Å². The molecule has 1 amide bonds. The van der Waals surface area contributed by atoms with E-state index in [0.29, 0.717) is 0 Å². The number of hydrogen-bond donors (Lipinski definition) is 2. The molecule has 1 saturated heterocycles. The maximum Gasteiger partial charge on any atom is 0.407 e. The lowest BCUT2D eigenvalue weighted by Gasteiger charge is -2.23. The zero-order valence-electron chi connectivity index (χ0n) is 15.0. The minimum Gasteiger partial charge on any atom is -0.444 e. The van der Waals surface area contributed by atoms with Crippen LogP contribution in [0.2, 0.25) is 0 Å². The maximum absolute atomic E-state index is 11.8. The maximum atomic E-state index is 11.8. The van der Waals surface area contributed by atoms with Crippen LogP contribution in [0.1, 0.15) is 52.9 Å². The fourth-order valence-electron chi connectivity index (χ4n) is 2.87. The van der Waals surface area contributed by atoms with Crippen molar-refractivity contribution in [3.05, 3.63) is 0 Å². The molecule has 0 aromatic rings. The average Bonchev–Trinajstić information content (AvgIpc) is 3.16. The highest BCUT2D eigenvalue weighted by molar-refractivity contribution is 5.80. The second kappa shape index (κ2) is 7.88. The van der Waals surface area contributed by atoms with Crippen LogP contribution in [0.5, 0.6) is 0 Å². The molecule has 6 nitrogen and oxygen atoms in total. The van der Waals surface area contributed by atoms with Gasteiger partial charge < -0.3 is 20.3 Å². The zero-order valence-corrected chi connectivity index (χ0v) is 15.0. The fourth-order valence-corrected chi connectivity index (χ4v) is 2.87. The van der Waals surface area contributed by atoms with Crippen LogP contribution in [0, 0.1) is 5.92 Å². The molecule has 132 valence electrons. The van der Waals surface area contributed by atoms with E-state index in [1.165, 1.54) is 25.7 Å². The predicted octanol–water partition coefficient (Wildman–Crippen LogP) is 2.35. The molecule has 2 rings (SSSR count). The summed E-state index contributed by atoms with van der Waals surface area (Å²) in [6, 6.07) is 0.120. The van der Waals surface area contributed by atoms with Gasteiger partial charge in [0, 0.05) is 26.7 Å². The highest BCUT2D eigenvalue weighted by Crippen LogP contribution is 2.33. The molecule has 0 aromatic carbocycles. The Morgan fingerprint density at radius 1 is 1.30 bits per heavy atom. The lowest BCUT2D eigenvalue weighted by atomic mass is 10.2. The molecule has 1 atom stereocenters. The lowest BCUT2D eigenvalue weighted by Crippen LogP contribution is -2.44. The highest BCUT2D eigenvalue weighted by Gasteiger charge is 2.28. The van der Waals surface area contributed by atoms with E-state index in [-0.39, 0.29) is 12.1 Å². The first kappa shape index (κ1) is 17.9. The molecule has 1 saturated carbocycles. The van der Waals surface area contributed by atoms with E-state index < -0.39 is 5.60 Å². The Bertz CT molecular complexity index is 427. The summed E-state index contributed by atoms with van der Waals surface area (Å²) in [6.45, 7) is 8.29. The summed E-state index contributed by atoms with van der Waals surface area (Å²) in [6.07, 6.45) is 5.95. The molecule has 2 fully saturated rings. The van der Waals surface area contributed by atoms with Crippen molar-refractivity contribution in [2.45, 2.75) is 64.5 Å². The average molecular weight is 324 g/mol. The number of ether oxygens (including phenoxy) is 1. The van der Waals surface area contributed by atoms with Gasteiger partial charge in [-0.05, 0) is 46.0 Å². The van der Waals surface area contributed by atoms with Gasteiger partial charge in [-0.25, -0.2) is 4.79 Å². The van der Waals surface area contributed by atoms with Crippen LogP contribution >= 0.6 is 0 Å². The van der Waals surface area contributed by atoms with Crippen molar-refractivity contribution in [1.82, 2.24) is 15.5 Å². The Morgan fingerprint density at radius 2 is 2.04 bits per heavy atom. The Kier molecular flexibility index (Phi) is 6.13. The number of rotatable bonds is 5. The summed E-state index contributed by atoms with van der Waals surface area (Å²) in [5.41, 5.74) is -0.457. The Morgan fingerprint density at radius 3 is 2.65 bits per heavy atom. The van der Waals surface area contributed by atoms with Crippen LogP contribution in [0.4, 0.5) is 4.79 Å². The first-order valence-electron chi connectivity index (χ1n) is 8.82. The zero-order chi connectivity index (χ0) is 16.9. The SMILES string of the molecule is CN=C(NCCCC1CC1)N1CCC(NC(=O)OC(C)(C)C)C1. The number of alkyl carbamates (subject to hydrolysis) is 1. The Labute approximate surface area is 140 Å². The highest BCUT2D eigenvalue weighted by atomic mass is 16.6. The predicted molar refractivity (Wildman–Crippen MR) is 92.7 cm³/mol. The third-order valence-electron chi connectivity index (χ3n) is 4.19. The number of carbonyl (C=O) groups is 1. The number of likely N-dealkylation sites (tertiary alicyclic amines) is 1. The Hall–Kier alpha value is -1.46. The fraction of sp³-hybridized carbons (Fsp3) is 0.882. The van der Waals surface area contributed by atoms with Gasteiger partial charge in [0.25, 0.3) is 0 Å². The third-order valence-corrected chi connectivity index (χ3v) is 4.19. The van der Waals surface area contributed by atoms with E-state index in [9.17, 15) is 4.79 Å². The molecule has 6 heteroatoms. The smallest absolute Gasteiger partial charge is 0.407 e. The standard InChI is InChI=1S/C17H32N4O2/c1-17(2,3)23-16(22)20-14-9-11-21(12-14)15(18-4)19-10-5-6-13-7-8-13/h13-14H,5-12H2,1-4H3,(H,18,19)(H,20,22). The van der Waals surface area contributed by atoms with Gasteiger partial charge in [0.15, 0.2) is 5.96 Å². The van der Waals surface area contributed by atoms with Crippen molar-refractivity contribution in [2.75, 3.05) is 26.7 Å². The molecular weight excluding hydrogens is 292 g/mol. The van der Waals surface area contributed by atoms with Crippen LogP contribution in [0.3, 0.4) is 0 Å². The number of amides is 1. The normalized spacial score (nSPS) is 22.2. The molecule has 0 aromatic heterocycles. The van der Waals surface area contributed by atoms with E-state index in [1.54, 1.807) is 0 Å². The minimum atomic E-state index is -0.457. The van der Waals surface area contributed by atoms with Gasteiger partial charge in [0.1, 0.15) is 5.60 Å². The van der Waals surface area contributed by atoms with Crippen LogP contribution in [0.15, 0.2) is 4.99 Å². The van der Waals surface area contributed by atoms with Gasteiger partial charge in [-0.3, -0.25) is 4.99 Å². The molecule has 2 N–H and O–H groups in total. The monoisotopic (exact) mass is 324 g/mol. The molecule has 0 spiro atoms. The summed E-state index contributed by atoms with van der Waals surface area (Å²) in [4.78, 5) is 18.4. The second-order valence-corrected chi connectivity index (χ2v) is 7.64. The van der Waals surface area contributed by atoms with Gasteiger partial charge in [-0.2, -0.15) is 0 Å². The van der Waals surface area contributed by atoms with Gasteiger partial charge in [0.05, 0.1) is 6.04 Å². The second-order valence-electron chi connectivity index (χ2n) is 7.64. The van der Waals surface area contributed by atoms with Crippen LogP contribution < -0.4 is 10.6 Å². The number of guanidine groups is 1. The molecule has 23 heavy (non-hydrogen) atoms. The van der Waals surface area contributed by atoms with E-state index in [4.69, 9.17) is 4.74 Å². The van der Waals surface area contributed by atoms with Crippen molar-refractivity contribution in [3.8, 4) is 0 Å². The van der Waals surface area contributed by atoms with E-state index >= 15 is 0 Å². The molecule has 1 heterocycles. The number of aliphatic imine (C=N–C) groups is 1. The van der Waals surface area contributed by atoms with Crippen LogP contribution in [-0.4, -0.2) is 55.3 Å². The molecule has 0 bridgehead atoms. The van der Waals surface area contributed by atoms with Crippen molar-refractivity contribution in [1.29, 1.82) is 0 Å². The summed E-state index contributed by atoms with van der Waals surface area (Å²) in [5.74, 6) is 1.92.